The van der Waals surface area contributed by atoms with Crippen molar-refractivity contribution in [2.75, 3.05) is 0 Å². The molecule has 0 aliphatic carbocycles. The van der Waals surface area contributed by atoms with Gasteiger partial charge in [-0.1, -0.05) is 12.1 Å². The Bertz CT molecular complexity index is 694. The summed E-state index contributed by atoms with van der Waals surface area (Å²) >= 11 is 0. The molecular weight excluding hydrogens is 314 g/mol. The van der Waals surface area contributed by atoms with Crippen molar-refractivity contribution in [3.8, 4) is 0 Å². The summed E-state index contributed by atoms with van der Waals surface area (Å²) in [6.07, 6.45) is 1.60. The molecule has 1 aliphatic rings. The number of benzene rings is 1. The van der Waals surface area contributed by atoms with Crippen LogP contribution in [0.2, 0.25) is 0 Å². The Hall–Kier alpha value is -1.20. The van der Waals surface area contributed by atoms with E-state index in [0.29, 0.717) is 10.4 Å². The van der Waals surface area contributed by atoms with Crippen molar-refractivity contribution in [2.24, 2.45) is 0 Å². The highest BCUT2D eigenvalue weighted by atomic mass is 33.1. The highest BCUT2D eigenvalue weighted by Crippen LogP contribution is 2.42. The van der Waals surface area contributed by atoms with E-state index in [1.165, 1.54) is 18.2 Å². The van der Waals surface area contributed by atoms with Gasteiger partial charge in [-0.05, 0) is 27.8 Å². The van der Waals surface area contributed by atoms with Crippen molar-refractivity contribution in [1.82, 2.24) is 0 Å². The Labute approximate surface area is 114 Å². The van der Waals surface area contributed by atoms with E-state index in [4.69, 9.17) is 4.55 Å². The van der Waals surface area contributed by atoms with Gasteiger partial charge in [0.25, 0.3) is 5.69 Å². The molecule has 0 fully saturated rings. The second-order valence-electron chi connectivity index (χ2n) is 3.30. The van der Waals surface area contributed by atoms with Gasteiger partial charge < -0.3 is 0 Å². The van der Waals surface area contributed by atoms with Crippen LogP contribution >= 0.6 is 20.6 Å². The van der Waals surface area contributed by atoms with Gasteiger partial charge in [0.2, 0.25) is 0 Å². The molecule has 1 aliphatic heterocycles. The first kappa shape index (κ1) is 14.2. The minimum Gasteiger partial charge on any atom is -0.263 e. The number of rotatable bonds is 4. The summed E-state index contributed by atoms with van der Waals surface area (Å²) in [7, 11) is -4.76. The fourth-order valence-corrected chi connectivity index (χ4v) is 5.53. The van der Waals surface area contributed by atoms with Crippen LogP contribution in [0.15, 0.2) is 35.7 Å². The molecule has 0 saturated carbocycles. The number of nitrogens with zero attached hydrogens (tertiary/aromatic N) is 1. The van der Waals surface area contributed by atoms with Crippen molar-refractivity contribution in [3.63, 3.8) is 0 Å². The molecule has 2 rings (SSSR count). The Morgan fingerprint density at radius 1 is 1.42 bits per heavy atom. The maximum Gasteiger partial charge on any atom is 0.408 e. The van der Waals surface area contributed by atoms with Crippen LogP contribution in [-0.2, 0) is 14.0 Å². The van der Waals surface area contributed by atoms with Crippen molar-refractivity contribution in [1.29, 1.82) is 0 Å². The second-order valence-corrected chi connectivity index (χ2v) is 7.56. The van der Waals surface area contributed by atoms with Gasteiger partial charge in [0.15, 0.2) is 0 Å². The molecule has 1 atom stereocenters. The summed E-state index contributed by atoms with van der Waals surface area (Å²) in [6.45, 7) is 0. The third-order valence-electron chi connectivity index (χ3n) is 2.03. The molecule has 0 amide bonds. The van der Waals surface area contributed by atoms with Gasteiger partial charge in [0, 0.05) is 26.8 Å². The maximum atomic E-state index is 10.7. The summed E-state index contributed by atoms with van der Waals surface area (Å²) in [5, 5.41) is 12.3. The average Bonchev–Trinajstić information content (AvgIpc) is 2.75. The highest BCUT2D eigenvalue weighted by molar-refractivity contribution is 8.84. The van der Waals surface area contributed by atoms with Crippen LogP contribution in [0.4, 0.5) is 5.69 Å². The summed E-state index contributed by atoms with van der Waals surface area (Å²) in [4.78, 5) is 10.6. The van der Waals surface area contributed by atoms with Crippen LogP contribution in [-0.4, -0.2) is 22.8 Å². The number of nitro benzene ring substituents is 1. The quantitative estimate of drug-likeness (QED) is 0.298. The Kier molecular flexibility index (Phi) is 4.06. The number of nitro groups is 1. The molecule has 1 aromatic carbocycles. The molecular formula is C9H7NO6S3. The molecule has 0 bridgehead atoms. The lowest BCUT2D eigenvalue weighted by atomic mass is 10.1. The van der Waals surface area contributed by atoms with Gasteiger partial charge in [-0.2, -0.15) is 12.0 Å². The van der Waals surface area contributed by atoms with Gasteiger partial charge in [0.1, 0.15) is 0 Å². The monoisotopic (exact) mass is 321 g/mol. The SMILES string of the molecule is O=[N+]([O-])c1cccc(C2=S(OS(=O)(=O)O)SC=C2)c1. The normalized spacial score (nSPS) is 18.8. The van der Waals surface area contributed by atoms with Crippen LogP contribution in [0.5, 0.6) is 0 Å². The number of hydrogen-bond acceptors (Lipinski definition) is 6. The smallest absolute Gasteiger partial charge is 0.263 e. The van der Waals surface area contributed by atoms with E-state index in [0.717, 1.165) is 10.8 Å². The first-order valence-electron chi connectivity index (χ1n) is 4.74. The van der Waals surface area contributed by atoms with E-state index in [1.807, 2.05) is 0 Å². The molecule has 1 unspecified atom stereocenters. The largest absolute Gasteiger partial charge is 0.408 e. The first-order chi connectivity index (χ1) is 8.87. The molecule has 19 heavy (non-hydrogen) atoms. The van der Waals surface area contributed by atoms with Crippen molar-refractivity contribution >= 4 is 41.5 Å². The first-order valence-corrected chi connectivity index (χ1v) is 8.65. The molecule has 102 valence electrons. The topological polar surface area (TPSA) is 107 Å². The van der Waals surface area contributed by atoms with E-state index < -0.39 is 25.1 Å². The van der Waals surface area contributed by atoms with E-state index >= 15 is 0 Å². The molecule has 1 N–H and O–H groups in total. The molecule has 0 radical (unpaired) electrons. The fraction of sp³-hybridized carbons (Fsp3) is 0. The fourth-order valence-electron chi connectivity index (χ4n) is 1.34. The highest BCUT2D eigenvalue weighted by Gasteiger charge is 2.19. The van der Waals surface area contributed by atoms with Crippen LogP contribution in [0.1, 0.15) is 5.56 Å². The summed E-state index contributed by atoms with van der Waals surface area (Å²) in [6, 6.07) is 5.74. The standard InChI is InChI=1S/C9H7NO6S3/c11-10(12)8-3-1-2-7(6-8)9-4-5-17-18(9)16-19(13,14)15/h1-6H,(H,13,14,15). The van der Waals surface area contributed by atoms with Gasteiger partial charge in [-0.3, -0.25) is 14.7 Å². The Morgan fingerprint density at radius 2 is 2.16 bits per heavy atom. The summed E-state index contributed by atoms with van der Waals surface area (Å²) in [5.41, 5.74) is 0.369. The predicted molar refractivity (Wildman–Crippen MR) is 74.2 cm³/mol. The summed E-state index contributed by atoms with van der Waals surface area (Å²) in [5.74, 6) is 0. The molecule has 1 heterocycles. The average molecular weight is 321 g/mol. The maximum absolute atomic E-state index is 10.7. The van der Waals surface area contributed by atoms with Gasteiger partial charge >= 0.3 is 10.4 Å². The van der Waals surface area contributed by atoms with E-state index in [-0.39, 0.29) is 5.69 Å². The zero-order valence-electron chi connectivity index (χ0n) is 9.12. The number of hydrogen-bond donors (Lipinski definition) is 1. The lowest BCUT2D eigenvalue weighted by Gasteiger charge is -2.05. The third-order valence-corrected chi connectivity index (χ3v) is 6.26. The summed E-state index contributed by atoms with van der Waals surface area (Å²) < 4.78 is 34.6. The minimum absolute atomic E-state index is 0.106. The minimum atomic E-state index is -4.58. The molecule has 7 nitrogen and oxygen atoms in total. The van der Waals surface area contributed by atoms with Gasteiger partial charge in [0.05, 0.1) is 4.92 Å². The zero-order chi connectivity index (χ0) is 14.0. The Morgan fingerprint density at radius 3 is 2.79 bits per heavy atom. The van der Waals surface area contributed by atoms with Crippen molar-refractivity contribution < 1.29 is 21.5 Å². The van der Waals surface area contributed by atoms with Crippen LogP contribution in [0.3, 0.4) is 0 Å². The molecule has 0 spiro atoms. The van der Waals surface area contributed by atoms with Crippen LogP contribution in [0, 0.1) is 10.1 Å². The van der Waals surface area contributed by atoms with E-state index in [2.05, 4.69) is 3.63 Å². The Balaban J connectivity index is 2.44. The van der Waals surface area contributed by atoms with Crippen LogP contribution in [0.25, 0.3) is 0 Å². The third kappa shape index (κ3) is 3.64. The van der Waals surface area contributed by atoms with Crippen molar-refractivity contribution in [3.05, 3.63) is 51.4 Å². The van der Waals surface area contributed by atoms with E-state index in [1.54, 1.807) is 17.6 Å². The van der Waals surface area contributed by atoms with E-state index in [9.17, 15) is 18.5 Å². The van der Waals surface area contributed by atoms with Gasteiger partial charge in [-0.15, -0.1) is 0 Å². The van der Waals surface area contributed by atoms with Crippen LogP contribution < -0.4 is 0 Å². The van der Waals surface area contributed by atoms with Crippen molar-refractivity contribution in [2.45, 2.75) is 0 Å². The predicted octanol–water partition coefficient (Wildman–Crippen LogP) is 2.29. The lowest BCUT2D eigenvalue weighted by Crippen LogP contribution is -2.02. The molecule has 0 saturated heterocycles. The number of non-ortho nitro benzene ring substituents is 1. The van der Waals surface area contributed by atoms with Gasteiger partial charge in [-0.25, -0.2) is 0 Å². The zero-order valence-corrected chi connectivity index (χ0v) is 11.6. The number of allylic oxidation sites excluding steroid dienone is 1. The molecule has 0 aromatic heterocycles. The lowest BCUT2D eigenvalue weighted by molar-refractivity contribution is -0.384. The molecule has 1 aromatic rings. The second kappa shape index (κ2) is 5.43. The molecule has 10 heteroatoms.